The van der Waals surface area contributed by atoms with E-state index in [0.29, 0.717) is 6.54 Å². The molecule has 1 aliphatic heterocycles. The Morgan fingerprint density at radius 2 is 1.89 bits per heavy atom. The summed E-state index contributed by atoms with van der Waals surface area (Å²) in [6.07, 6.45) is 0. The summed E-state index contributed by atoms with van der Waals surface area (Å²) in [5, 5.41) is 6.83. The van der Waals surface area contributed by atoms with Gasteiger partial charge in [0.2, 0.25) is 0 Å². The number of benzene rings is 1. The standard InChI is InChI=1S/C21H30N4O2/c1-3-22-21(23-15-18-7-5-4-6-8-18)24-16-19(20-10-9-17(2)27-20)25-11-13-26-14-12-25/h4-10,19H,3,11-16H2,1-2H3,(H2,22,23,24). The van der Waals surface area contributed by atoms with Crippen LogP contribution in [0.15, 0.2) is 51.9 Å². The molecule has 0 amide bonds. The van der Waals surface area contributed by atoms with Crippen molar-refractivity contribution in [2.45, 2.75) is 26.4 Å². The monoisotopic (exact) mass is 370 g/mol. The highest BCUT2D eigenvalue weighted by Crippen LogP contribution is 2.23. The van der Waals surface area contributed by atoms with Crippen LogP contribution in [-0.4, -0.2) is 50.3 Å². The normalized spacial score (nSPS) is 16.9. The second-order valence-corrected chi connectivity index (χ2v) is 6.67. The maximum atomic E-state index is 5.94. The number of aliphatic imine (C=N–C) groups is 1. The molecular weight excluding hydrogens is 340 g/mol. The summed E-state index contributed by atoms with van der Waals surface area (Å²) in [6.45, 7) is 9.60. The van der Waals surface area contributed by atoms with E-state index in [1.54, 1.807) is 0 Å². The molecule has 0 saturated carbocycles. The van der Waals surface area contributed by atoms with Crippen LogP contribution in [0.1, 0.15) is 30.0 Å². The number of guanidine groups is 1. The lowest BCUT2D eigenvalue weighted by Gasteiger charge is -2.33. The van der Waals surface area contributed by atoms with Crippen molar-refractivity contribution in [3.63, 3.8) is 0 Å². The van der Waals surface area contributed by atoms with Gasteiger partial charge in [0.15, 0.2) is 5.96 Å². The molecular formula is C21H30N4O2. The van der Waals surface area contributed by atoms with Gasteiger partial charge in [0, 0.05) is 26.2 Å². The maximum Gasteiger partial charge on any atom is 0.191 e. The van der Waals surface area contributed by atoms with Gasteiger partial charge in [-0.15, -0.1) is 0 Å². The van der Waals surface area contributed by atoms with Crippen LogP contribution in [0.4, 0.5) is 0 Å². The van der Waals surface area contributed by atoms with E-state index in [-0.39, 0.29) is 6.04 Å². The smallest absolute Gasteiger partial charge is 0.191 e. The number of furan rings is 1. The topological polar surface area (TPSA) is 62.0 Å². The van der Waals surface area contributed by atoms with Crippen LogP contribution in [0, 0.1) is 6.92 Å². The van der Waals surface area contributed by atoms with Gasteiger partial charge in [-0.2, -0.15) is 0 Å². The van der Waals surface area contributed by atoms with Gasteiger partial charge < -0.3 is 19.8 Å². The van der Waals surface area contributed by atoms with Crippen molar-refractivity contribution < 1.29 is 9.15 Å². The van der Waals surface area contributed by atoms with Crippen molar-refractivity contribution >= 4 is 5.96 Å². The minimum absolute atomic E-state index is 0.156. The molecule has 2 aromatic rings. The molecule has 6 nitrogen and oxygen atoms in total. The predicted molar refractivity (Wildman–Crippen MR) is 108 cm³/mol. The van der Waals surface area contributed by atoms with Gasteiger partial charge in [0.25, 0.3) is 0 Å². The van der Waals surface area contributed by atoms with E-state index in [0.717, 1.165) is 56.9 Å². The Balaban J connectivity index is 1.67. The molecule has 3 rings (SSSR count). The number of nitrogens with one attached hydrogen (secondary N) is 2. The van der Waals surface area contributed by atoms with Gasteiger partial charge in [-0.25, -0.2) is 4.99 Å². The molecule has 1 saturated heterocycles. The molecule has 1 atom stereocenters. The predicted octanol–water partition coefficient (Wildman–Crippen LogP) is 2.72. The summed E-state index contributed by atoms with van der Waals surface area (Å²) in [5.41, 5.74) is 1.20. The van der Waals surface area contributed by atoms with Crippen molar-refractivity contribution in [1.29, 1.82) is 0 Å². The van der Waals surface area contributed by atoms with Crippen LogP contribution in [0.2, 0.25) is 0 Å². The lowest BCUT2D eigenvalue weighted by Crippen LogP contribution is -2.46. The Hall–Kier alpha value is -2.31. The zero-order valence-electron chi connectivity index (χ0n) is 16.3. The molecule has 0 aliphatic carbocycles. The third-order valence-corrected chi connectivity index (χ3v) is 4.65. The molecule has 0 spiro atoms. The van der Waals surface area contributed by atoms with Crippen molar-refractivity contribution in [1.82, 2.24) is 15.5 Å². The fourth-order valence-electron chi connectivity index (χ4n) is 3.22. The third kappa shape index (κ3) is 5.84. The van der Waals surface area contributed by atoms with E-state index in [2.05, 4.69) is 40.7 Å². The summed E-state index contributed by atoms with van der Waals surface area (Å²) in [4.78, 5) is 7.13. The van der Waals surface area contributed by atoms with Crippen LogP contribution in [0.3, 0.4) is 0 Å². The van der Waals surface area contributed by atoms with Crippen LogP contribution in [-0.2, 0) is 11.3 Å². The van der Waals surface area contributed by atoms with Gasteiger partial charge >= 0.3 is 0 Å². The van der Waals surface area contributed by atoms with E-state index in [9.17, 15) is 0 Å². The second-order valence-electron chi connectivity index (χ2n) is 6.67. The zero-order chi connectivity index (χ0) is 18.9. The quantitative estimate of drug-likeness (QED) is 0.580. The Morgan fingerprint density at radius 1 is 1.11 bits per heavy atom. The highest BCUT2D eigenvalue weighted by atomic mass is 16.5. The SMILES string of the molecule is CCNC(=NCc1ccccc1)NCC(c1ccc(C)o1)N1CCOCC1. The number of nitrogens with zero attached hydrogens (tertiary/aromatic N) is 2. The van der Waals surface area contributed by atoms with E-state index in [1.165, 1.54) is 5.56 Å². The molecule has 1 unspecified atom stereocenters. The number of morpholine rings is 1. The van der Waals surface area contributed by atoms with E-state index >= 15 is 0 Å². The minimum Gasteiger partial charge on any atom is -0.465 e. The number of hydrogen-bond donors (Lipinski definition) is 2. The van der Waals surface area contributed by atoms with Crippen molar-refractivity contribution in [3.05, 3.63) is 59.5 Å². The Labute approximate surface area is 161 Å². The number of ether oxygens (including phenoxy) is 1. The first kappa shape index (κ1) is 19.5. The molecule has 0 bridgehead atoms. The summed E-state index contributed by atoms with van der Waals surface area (Å²) in [7, 11) is 0. The van der Waals surface area contributed by atoms with Crippen LogP contribution < -0.4 is 10.6 Å². The lowest BCUT2D eigenvalue weighted by molar-refractivity contribution is 0.0124. The molecule has 6 heteroatoms. The zero-order valence-corrected chi connectivity index (χ0v) is 16.3. The van der Waals surface area contributed by atoms with Crippen LogP contribution in [0.25, 0.3) is 0 Å². The Kier molecular flexibility index (Phi) is 7.30. The van der Waals surface area contributed by atoms with Crippen LogP contribution >= 0.6 is 0 Å². The molecule has 2 heterocycles. The summed E-state index contributed by atoms with van der Waals surface area (Å²) in [6, 6.07) is 14.5. The molecule has 2 N–H and O–H groups in total. The molecule has 146 valence electrons. The van der Waals surface area contributed by atoms with Crippen molar-refractivity contribution in [2.24, 2.45) is 4.99 Å². The van der Waals surface area contributed by atoms with Gasteiger partial charge in [-0.05, 0) is 31.5 Å². The van der Waals surface area contributed by atoms with Gasteiger partial charge in [0.05, 0.1) is 25.8 Å². The van der Waals surface area contributed by atoms with Crippen molar-refractivity contribution in [3.8, 4) is 0 Å². The highest BCUT2D eigenvalue weighted by molar-refractivity contribution is 5.79. The molecule has 1 aromatic heterocycles. The van der Waals surface area contributed by atoms with Gasteiger partial charge in [-0.3, -0.25) is 4.90 Å². The summed E-state index contributed by atoms with van der Waals surface area (Å²) >= 11 is 0. The first-order chi connectivity index (χ1) is 13.3. The summed E-state index contributed by atoms with van der Waals surface area (Å²) < 4.78 is 11.5. The Bertz CT molecular complexity index is 708. The fourth-order valence-corrected chi connectivity index (χ4v) is 3.22. The third-order valence-electron chi connectivity index (χ3n) is 4.65. The lowest BCUT2D eigenvalue weighted by atomic mass is 10.1. The van der Waals surface area contributed by atoms with Gasteiger partial charge in [-0.1, -0.05) is 30.3 Å². The molecule has 27 heavy (non-hydrogen) atoms. The second kappa shape index (κ2) is 10.1. The fraction of sp³-hybridized carbons (Fsp3) is 0.476. The number of rotatable bonds is 7. The highest BCUT2D eigenvalue weighted by Gasteiger charge is 2.25. The molecule has 1 fully saturated rings. The minimum atomic E-state index is 0.156. The average Bonchev–Trinajstić information content (AvgIpc) is 3.14. The van der Waals surface area contributed by atoms with Crippen molar-refractivity contribution in [2.75, 3.05) is 39.4 Å². The van der Waals surface area contributed by atoms with E-state index in [4.69, 9.17) is 14.1 Å². The maximum absolute atomic E-state index is 5.94. The molecule has 1 aliphatic rings. The first-order valence-electron chi connectivity index (χ1n) is 9.70. The Morgan fingerprint density at radius 3 is 2.56 bits per heavy atom. The van der Waals surface area contributed by atoms with E-state index < -0.39 is 0 Å². The molecule has 1 aromatic carbocycles. The first-order valence-corrected chi connectivity index (χ1v) is 9.70. The number of aryl methyl sites for hydroxylation is 1. The largest absolute Gasteiger partial charge is 0.465 e. The summed E-state index contributed by atoms with van der Waals surface area (Å²) in [5.74, 6) is 2.75. The number of hydrogen-bond acceptors (Lipinski definition) is 4. The molecule has 0 radical (unpaired) electrons. The average molecular weight is 370 g/mol. The van der Waals surface area contributed by atoms with Crippen LogP contribution in [0.5, 0.6) is 0 Å². The van der Waals surface area contributed by atoms with Gasteiger partial charge in [0.1, 0.15) is 11.5 Å². The van der Waals surface area contributed by atoms with E-state index in [1.807, 2.05) is 31.2 Å².